The van der Waals surface area contributed by atoms with Crippen LogP contribution in [-0.4, -0.2) is 23.7 Å². The highest BCUT2D eigenvalue weighted by Crippen LogP contribution is 2.32. The third-order valence-electron chi connectivity index (χ3n) is 3.02. The Labute approximate surface area is 124 Å². The molecular weight excluding hydrogens is 270 g/mol. The monoisotopic (exact) mass is 291 g/mol. The lowest BCUT2D eigenvalue weighted by Crippen LogP contribution is -2.35. The lowest BCUT2D eigenvalue weighted by molar-refractivity contribution is -0.146. The Morgan fingerprint density at radius 1 is 1.24 bits per heavy atom. The molecule has 1 saturated carbocycles. The van der Waals surface area contributed by atoms with Crippen molar-refractivity contribution in [2.45, 2.75) is 45.4 Å². The van der Waals surface area contributed by atoms with Crippen molar-refractivity contribution in [3.63, 3.8) is 0 Å². The molecule has 2 atom stereocenters. The van der Waals surface area contributed by atoms with Gasteiger partial charge in [0.05, 0.1) is 5.92 Å². The third kappa shape index (κ3) is 5.10. The van der Waals surface area contributed by atoms with Gasteiger partial charge in [0.15, 0.2) is 0 Å². The van der Waals surface area contributed by atoms with Crippen LogP contribution in [0.2, 0.25) is 0 Å². The molecule has 5 heteroatoms. The number of carbonyl (C=O) groups excluding carboxylic acids is 2. The van der Waals surface area contributed by atoms with E-state index in [2.05, 4.69) is 5.32 Å². The molecule has 1 aromatic carbocycles. The fourth-order valence-corrected chi connectivity index (χ4v) is 1.91. The largest absolute Gasteiger partial charge is 0.461 e. The van der Waals surface area contributed by atoms with Gasteiger partial charge in [-0.05, 0) is 32.8 Å². The molecule has 1 amide bonds. The van der Waals surface area contributed by atoms with Gasteiger partial charge in [0, 0.05) is 6.04 Å². The van der Waals surface area contributed by atoms with Crippen LogP contribution < -0.4 is 5.32 Å². The van der Waals surface area contributed by atoms with Crippen molar-refractivity contribution in [2.75, 3.05) is 0 Å². The molecule has 0 bridgehead atoms. The normalized spacial score (nSPS) is 20.5. The lowest BCUT2D eigenvalue weighted by Gasteiger charge is -2.19. The van der Waals surface area contributed by atoms with E-state index in [9.17, 15) is 9.59 Å². The van der Waals surface area contributed by atoms with Crippen molar-refractivity contribution in [3.05, 3.63) is 35.9 Å². The molecule has 1 fully saturated rings. The SMILES string of the molecule is CC(C)(C)OC(=O)N[C@H]1C[C@H]1C(=O)OCc1ccccc1. The Hall–Kier alpha value is -2.04. The Bertz CT molecular complexity index is 507. The van der Waals surface area contributed by atoms with Crippen molar-refractivity contribution < 1.29 is 19.1 Å². The van der Waals surface area contributed by atoms with Crippen LogP contribution in [0, 0.1) is 5.92 Å². The molecule has 5 nitrogen and oxygen atoms in total. The predicted molar refractivity (Wildman–Crippen MR) is 77.5 cm³/mol. The molecule has 21 heavy (non-hydrogen) atoms. The number of hydrogen-bond acceptors (Lipinski definition) is 4. The second-order valence-corrected chi connectivity index (χ2v) is 6.19. The zero-order chi connectivity index (χ0) is 15.5. The van der Waals surface area contributed by atoms with Crippen molar-refractivity contribution >= 4 is 12.1 Å². The van der Waals surface area contributed by atoms with Crippen LogP contribution in [0.1, 0.15) is 32.8 Å². The van der Waals surface area contributed by atoms with E-state index < -0.39 is 11.7 Å². The van der Waals surface area contributed by atoms with Gasteiger partial charge in [-0.2, -0.15) is 0 Å². The summed E-state index contributed by atoms with van der Waals surface area (Å²) in [6.45, 7) is 5.65. The van der Waals surface area contributed by atoms with E-state index in [1.54, 1.807) is 20.8 Å². The van der Waals surface area contributed by atoms with Crippen LogP contribution >= 0.6 is 0 Å². The van der Waals surface area contributed by atoms with E-state index in [-0.39, 0.29) is 24.5 Å². The minimum Gasteiger partial charge on any atom is -0.461 e. The summed E-state index contributed by atoms with van der Waals surface area (Å²) in [5.74, 6) is -0.541. The molecule has 1 N–H and O–H groups in total. The molecule has 0 radical (unpaired) electrons. The summed E-state index contributed by atoms with van der Waals surface area (Å²) in [6, 6.07) is 9.32. The highest BCUT2D eigenvalue weighted by atomic mass is 16.6. The summed E-state index contributed by atoms with van der Waals surface area (Å²) in [5.41, 5.74) is 0.408. The number of amides is 1. The van der Waals surface area contributed by atoms with Crippen LogP contribution in [0.3, 0.4) is 0 Å². The molecule has 0 aromatic heterocycles. The standard InChI is InChI=1S/C16H21NO4/c1-16(2,3)21-15(19)17-13-9-12(13)14(18)20-10-11-7-5-4-6-8-11/h4-8,12-13H,9-10H2,1-3H3,(H,17,19)/t12-,13+/m1/s1. The van der Waals surface area contributed by atoms with Crippen LogP contribution in [0.15, 0.2) is 30.3 Å². The van der Waals surface area contributed by atoms with E-state index in [1.165, 1.54) is 0 Å². The number of rotatable bonds is 4. The number of esters is 1. The number of nitrogens with one attached hydrogen (secondary N) is 1. The van der Waals surface area contributed by atoms with Crippen molar-refractivity contribution in [3.8, 4) is 0 Å². The fourth-order valence-electron chi connectivity index (χ4n) is 1.91. The topological polar surface area (TPSA) is 64.6 Å². The maximum absolute atomic E-state index is 11.8. The lowest BCUT2D eigenvalue weighted by atomic mass is 10.2. The molecule has 0 unspecified atom stereocenters. The zero-order valence-electron chi connectivity index (χ0n) is 12.6. The Balaban J connectivity index is 1.71. The summed E-state index contributed by atoms with van der Waals surface area (Å²) >= 11 is 0. The van der Waals surface area contributed by atoms with Gasteiger partial charge in [-0.1, -0.05) is 30.3 Å². The van der Waals surface area contributed by atoms with E-state index in [0.29, 0.717) is 6.42 Å². The quantitative estimate of drug-likeness (QED) is 0.866. The molecular formula is C16H21NO4. The van der Waals surface area contributed by atoms with Crippen molar-refractivity contribution in [2.24, 2.45) is 5.92 Å². The van der Waals surface area contributed by atoms with Gasteiger partial charge in [-0.3, -0.25) is 4.79 Å². The molecule has 1 aliphatic rings. The van der Waals surface area contributed by atoms with Gasteiger partial charge < -0.3 is 14.8 Å². The molecule has 114 valence electrons. The van der Waals surface area contributed by atoms with Crippen LogP contribution in [-0.2, 0) is 20.9 Å². The van der Waals surface area contributed by atoms with Crippen molar-refractivity contribution in [1.82, 2.24) is 5.32 Å². The van der Waals surface area contributed by atoms with E-state index in [1.807, 2.05) is 30.3 Å². The van der Waals surface area contributed by atoms with Crippen molar-refractivity contribution in [1.29, 1.82) is 0 Å². The third-order valence-corrected chi connectivity index (χ3v) is 3.02. The Morgan fingerprint density at radius 3 is 2.52 bits per heavy atom. The fraction of sp³-hybridized carbons (Fsp3) is 0.500. The number of alkyl carbamates (subject to hydrolysis) is 1. The first-order chi connectivity index (χ1) is 9.85. The van der Waals surface area contributed by atoms with Gasteiger partial charge in [0.1, 0.15) is 12.2 Å². The average Bonchev–Trinajstić information content (AvgIpc) is 3.14. The summed E-state index contributed by atoms with van der Waals surface area (Å²) in [7, 11) is 0. The minimum atomic E-state index is -0.539. The van der Waals surface area contributed by atoms with E-state index in [4.69, 9.17) is 9.47 Å². The number of benzene rings is 1. The highest BCUT2D eigenvalue weighted by Gasteiger charge is 2.46. The second kappa shape index (κ2) is 6.16. The molecule has 1 aliphatic carbocycles. The molecule has 0 heterocycles. The molecule has 0 saturated heterocycles. The molecule has 1 aromatic rings. The Morgan fingerprint density at radius 2 is 1.90 bits per heavy atom. The summed E-state index contributed by atoms with van der Waals surface area (Å²) < 4.78 is 10.4. The number of ether oxygens (including phenoxy) is 2. The second-order valence-electron chi connectivity index (χ2n) is 6.19. The number of carbonyl (C=O) groups is 2. The van der Waals surface area contributed by atoms with Gasteiger partial charge >= 0.3 is 12.1 Å². The smallest absolute Gasteiger partial charge is 0.407 e. The average molecular weight is 291 g/mol. The summed E-state index contributed by atoms with van der Waals surface area (Å²) in [5, 5.41) is 2.68. The molecule has 0 aliphatic heterocycles. The highest BCUT2D eigenvalue weighted by molar-refractivity contribution is 5.79. The van der Waals surface area contributed by atoms with Gasteiger partial charge in [-0.15, -0.1) is 0 Å². The van der Waals surface area contributed by atoms with Gasteiger partial charge in [0.25, 0.3) is 0 Å². The summed E-state index contributed by atoms with van der Waals surface area (Å²) in [6.07, 6.45) is 0.109. The van der Waals surface area contributed by atoms with Crippen LogP contribution in [0.25, 0.3) is 0 Å². The first kappa shape index (κ1) is 15.4. The first-order valence-electron chi connectivity index (χ1n) is 7.05. The maximum Gasteiger partial charge on any atom is 0.407 e. The van der Waals surface area contributed by atoms with Gasteiger partial charge in [-0.25, -0.2) is 4.79 Å². The Kier molecular flexibility index (Phi) is 4.50. The summed E-state index contributed by atoms with van der Waals surface area (Å²) in [4.78, 5) is 23.4. The molecule has 2 rings (SSSR count). The number of hydrogen-bond donors (Lipinski definition) is 1. The van der Waals surface area contributed by atoms with Gasteiger partial charge in [0.2, 0.25) is 0 Å². The van der Waals surface area contributed by atoms with E-state index >= 15 is 0 Å². The maximum atomic E-state index is 11.8. The predicted octanol–water partition coefficient (Wildman–Crippen LogP) is 2.64. The van der Waals surface area contributed by atoms with Crippen LogP contribution in [0.4, 0.5) is 4.79 Å². The minimum absolute atomic E-state index is 0.178. The first-order valence-corrected chi connectivity index (χ1v) is 7.05. The van der Waals surface area contributed by atoms with Crippen LogP contribution in [0.5, 0.6) is 0 Å². The zero-order valence-corrected chi connectivity index (χ0v) is 12.6. The molecule has 0 spiro atoms. The van der Waals surface area contributed by atoms with E-state index in [0.717, 1.165) is 5.56 Å².